The molecule has 4 rings (SSSR count). The molecule has 0 spiro atoms. The molecule has 10 heteroatoms. The van der Waals surface area contributed by atoms with Gasteiger partial charge in [0.15, 0.2) is 0 Å². The van der Waals surface area contributed by atoms with Crippen molar-refractivity contribution in [1.29, 1.82) is 0 Å². The number of carbonyl (C=O) groups excluding carboxylic acids is 2. The van der Waals surface area contributed by atoms with Crippen molar-refractivity contribution in [2.75, 3.05) is 4.90 Å². The molecule has 0 unspecified atom stereocenters. The minimum absolute atomic E-state index is 0.0900. The van der Waals surface area contributed by atoms with Gasteiger partial charge in [-0.1, -0.05) is 37.6 Å². The molecule has 0 saturated carbocycles. The number of rotatable bonds is 7. The summed E-state index contributed by atoms with van der Waals surface area (Å²) in [4.78, 5) is 30.6. The number of aryl methyl sites for hydroxylation is 1. The van der Waals surface area contributed by atoms with E-state index in [4.69, 9.17) is 21.3 Å². The van der Waals surface area contributed by atoms with Crippen LogP contribution < -0.4 is 10.2 Å². The fraction of sp³-hybridized carbons (Fsp3) is 0.444. The number of halogens is 3. The van der Waals surface area contributed by atoms with Gasteiger partial charge in [0.2, 0.25) is 0 Å². The summed E-state index contributed by atoms with van der Waals surface area (Å²) in [6.07, 6.45) is 0.314. The number of benzene rings is 2. The monoisotopic (exact) mass is 532 g/mol. The zero-order chi connectivity index (χ0) is 27.1. The van der Waals surface area contributed by atoms with Crippen LogP contribution in [0.15, 0.2) is 36.4 Å². The molecule has 0 fully saturated rings. The molecule has 0 bridgehead atoms. The summed E-state index contributed by atoms with van der Waals surface area (Å²) in [7, 11) is 0. The van der Waals surface area contributed by atoms with Crippen LogP contribution in [0, 0.1) is 5.92 Å². The molecule has 0 radical (unpaired) electrons. The number of imidazole rings is 1. The number of hydrogen-bond acceptors (Lipinski definition) is 4. The lowest BCUT2D eigenvalue weighted by atomic mass is 10.1. The Kier molecular flexibility index (Phi) is 7.21. The van der Waals surface area contributed by atoms with E-state index in [1.807, 2.05) is 22.8 Å². The van der Waals surface area contributed by atoms with Crippen molar-refractivity contribution in [3.05, 3.63) is 58.4 Å². The minimum Gasteiger partial charge on any atom is -0.444 e. The first kappa shape index (κ1) is 26.9. The quantitative estimate of drug-likeness (QED) is 0.382. The Bertz CT molecular complexity index is 1350. The number of amides is 2. The second kappa shape index (κ2) is 9.93. The van der Waals surface area contributed by atoms with Crippen molar-refractivity contribution in [3.8, 4) is 0 Å². The molecule has 1 N–H and O–H groups in total. The van der Waals surface area contributed by atoms with Crippen molar-refractivity contribution in [2.24, 2.45) is 5.92 Å². The van der Waals surface area contributed by atoms with Crippen molar-refractivity contribution >= 4 is 40.3 Å². The third-order valence-electron chi connectivity index (χ3n) is 6.07. The van der Waals surface area contributed by atoms with E-state index in [0.717, 1.165) is 22.4 Å². The lowest BCUT2D eigenvalue weighted by Crippen LogP contribution is -2.35. The minimum atomic E-state index is -3.71. The SMILES string of the molecule is CC(C)CCn1c(CN2C(=O)C(F)(F)c3c(Cl)cccc32)nc2cc(CNC(=O)OC(C)(C)C)ccc21. The zero-order valence-electron chi connectivity index (χ0n) is 21.6. The standard InChI is InChI=1S/C27H31ClF2N4O3/c1-16(2)11-12-33-20-10-9-17(14-31-25(36)37-26(3,4)5)13-19(20)32-22(33)15-34-21-8-6-7-18(28)23(21)27(29,30)24(34)35/h6-10,13,16H,11-12,14-15H2,1-5H3,(H,31,36). The Morgan fingerprint density at radius 1 is 1.22 bits per heavy atom. The highest BCUT2D eigenvalue weighted by atomic mass is 35.5. The molecule has 198 valence electrons. The van der Waals surface area contributed by atoms with Crippen LogP contribution >= 0.6 is 11.6 Å². The highest BCUT2D eigenvalue weighted by Gasteiger charge is 2.54. The second-order valence-electron chi connectivity index (χ2n) is 10.6. The molecule has 0 atom stereocenters. The first-order valence-corrected chi connectivity index (χ1v) is 12.6. The van der Waals surface area contributed by atoms with Gasteiger partial charge in [0, 0.05) is 13.1 Å². The van der Waals surface area contributed by atoms with Crippen molar-refractivity contribution in [3.63, 3.8) is 0 Å². The largest absolute Gasteiger partial charge is 0.444 e. The predicted molar refractivity (Wildman–Crippen MR) is 139 cm³/mol. The fourth-order valence-electron chi connectivity index (χ4n) is 4.31. The van der Waals surface area contributed by atoms with E-state index >= 15 is 0 Å². The summed E-state index contributed by atoms with van der Waals surface area (Å²) in [6, 6.07) is 9.99. The number of alkyl halides is 2. The third-order valence-corrected chi connectivity index (χ3v) is 6.38. The average Bonchev–Trinajstić information content (AvgIpc) is 3.22. The number of anilines is 1. The van der Waals surface area contributed by atoms with Crippen LogP contribution in [0.25, 0.3) is 11.0 Å². The van der Waals surface area contributed by atoms with E-state index in [1.54, 1.807) is 26.8 Å². The van der Waals surface area contributed by atoms with Crippen LogP contribution in [0.5, 0.6) is 0 Å². The molecule has 2 amide bonds. The fourth-order valence-corrected chi connectivity index (χ4v) is 4.60. The normalized spacial score (nSPS) is 14.9. The lowest BCUT2D eigenvalue weighted by Gasteiger charge is -2.19. The van der Waals surface area contributed by atoms with Crippen LogP contribution in [0.2, 0.25) is 5.02 Å². The van der Waals surface area contributed by atoms with E-state index in [2.05, 4.69) is 19.2 Å². The van der Waals surface area contributed by atoms with E-state index in [1.165, 1.54) is 12.1 Å². The Morgan fingerprint density at radius 2 is 1.95 bits per heavy atom. The highest BCUT2D eigenvalue weighted by molar-refractivity contribution is 6.33. The van der Waals surface area contributed by atoms with Gasteiger partial charge in [-0.3, -0.25) is 9.69 Å². The Labute approximate surface area is 219 Å². The summed E-state index contributed by atoms with van der Waals surface area (Å²) >= 11 is 6.05. The molecule has 2 heterocycles. The van der Waals surface area contributed by atoms with Gasteiger partial charge >= 0.3 is 17.9 Å². The van der Waals surface area contributed by atoms with Crippen molar-refractivity contribution in [2.45, 2.75) is 72.2 Å². The topological polar surface area (TPSA) is 76.5 Å². The molecule has 2 aromatic carbocycles. The summed E-state index contributed by atoms with van der Waals surface area (Å²) in [5.41, 5.74) is 1.28. The van der Waals surface area contributed by atoms with E-state index < -0.39 is 29.1 Å². The highest BCUT2D eigenvalue weighted by Crippen LogP contribution is 2.48. The second-order valence-corrected chi connectivity index (χ2v) is 11.0. The number of fused-ring (bicyclic) bond motifs is 2. The van der Waals surface area contributed by atoms with Crippen LogP contribution in [0.1, 0.15) is 58.0 Å². The predicted octanol–water partition coefficient (Wildman–Crippen LogP) is 6.40. The molecular formula is C27H31ClF2N4O3. The smallest absolute Gasteiger partial charge is 0.407 e. The maximum absolute atomic E-state index is 14.9. The molecule has 0 saturated heterocycles. The lowest BCUT2D eigenvalue weighted by molar-refractivity contribution is -0.141. The first-order valence-electron chi connectivity index (χ1n) is 12.2. The number of nitrogens with one attached hydrogen (secondary N) is 1. The Hall–Kier alpha value is -3.20. The van der Waals surface area contributed by atoms with Gasteiger partial charge in [-0.25, -0.2) is 9.78 Å². The summed E-state index contributed by atoms with van der Waals surface area (Å²) in [6.45, 7) is 10.3. The van der Waals surface area contributed by atoms with Crippen molar-refractivity contribution < 1.29 is 23.1 Å². The maximum Gasteiger partial charge on any atom is 0.407 e. The maximum atomic E-state index is 14.9. The van der Waals surface area contributed by atoms with Crippen LogP contribution in [0.4, 0.5) is 19.3 Å². The molecule has 7 nitrogen and oxygen atoms in total. The van der Waals surface area contributed by atoms with E-state index in [9.17, 15) is 18.4 Å². The first-order chi connectivity index (χ1) is 17.3. The number of hydrogen-bond donors (Lipinski definition) is 1. The number of carbonyl (C=O) groups is 2. The Balaban J connectivity index is 1.66. The van der Waals surface area contributed by atoms with Gasteiger partial charge in [-0.05, 0) is 62.9 Å². The number of nitrogens with zero attached hydrogens (tertiary/aromatic N) is 3. The van der Waals surface area contributed by atoms with Gasteiger partial charge in [0.1, 0.15) is 11.4 Å². The van der Waals surface area contributed by atoms with Crippen LogP contribution in [0.3, 0.4) is 0 Å². The zero-order valence-corrected chi connectivity index (χ0v) is 22.3. The summed E-state index contributed by atoms with van der Waals surface area (Å²) in [5, 5.41) is 2.58. The third kappa shape index (κ3) is 5.56. The van der Waals surface area contributed by atoms with E-state index in [0.29, 0.717) is 23.8 Å². The Morgan fingerprint density at radius 3 is 2.62 bits per heavy atom. The van der Waals surface area contributed by atoms with Gasteiger partial charge in [-0.15, -0.1) is 0 Å². The molecule has 1 aliphatic rings. The van der Waals surface area contributed by atoms with Crippen LogP contribution in [-0.2, 0) is 35.1 Å². The molecular weight excluding hydrogens is 502 g/mol. The summed E-state index contributed by atoms with van der Waals surface area (Å²) in [5.74, 6) is -4.13. The van der Waals surface area contributed by atoms with E-state index in [-0.39, 0.29) is 23.8 Å². The van der Waals surface area contributed by atoms with Gasteiger partial charge in [0.05, 0.1) is 33.9 Å². The molecule has 1 aromatic heterocycles. The number of ether oxygens (including phenoxy) is 1. The van der Waals surface area contributed by atoms with Gasteiger partial charge < -0.3 is 14.6 Å². The van der Waals surface area contributed by atoms with Crippen molar-refractivity contribution in [1.82, 2.24) is 14.9 Å². The number of alkyl carbamates (subject to hydrolysis) is 1. The van der Waals surface area contributed by atoms with Crippen LogP contribution in [-0.4, -0.2) is 27.2 Å². The molecule has 0 aliphatic carbocycles. The number of aromatic nitrogens is 2. The molecule has 1 aliphatic heterocycles. The van der Waals surface area contributed by atoms with Gasteiger partial charge in [-0.2, -0.15) is 8.78 Å². The van der Waals surface area contributed by atoms with Gasteiger partial charge in [0.25, 0.3) is 0 Å². The summed E-state index contributed by atoms with van der Waals surface area (Å²) < 4.78 is 37.0. The molecule has 37 heavy (non-hydrogen) atoms. The average molecular weight is 533 g/mol. The molecule has 3 aromatic rings.